The number of hydrazone groups is 1. The van der Waals surface area contributed by atoms with E-state index in [1.165, 1.54) is 12.8 Å². The van der Waals surface area contributed by atoms with Gasteiger partial charge in [0.2, 0.25) is 0 Å². The third-order valence-electron chi connectivity index (χ3n) is 4.71. The van der Waals surface area contributed by atoms with E-state index in [9.17, 15) is 0 Å². The Morgan fingerprint density at radius 1 is 1.30 bits per heavy atom. The molecular weight excluding hydrogens is 308 g/mol. The van der Waals surface area contributed by atoms with Crippen LogP contribution in [0.4, 0.5) is 5.69 Å². The fourth-order valence-electron chi connectivity index (χ4n) is 3.24. The second-order valence-corrected chi connectivity index (χ2v) is 6.69. The van der Waals surface area contributed by atoms with Crippen molar-refractivity contribution in [1.82, 2.24) is 20.2 Å². The smallest absolute Gasteiger partial charge is 0.189 e. The van der Waals surface area contributed by atoms with Gasteiger partial charge < -0.3 is 10.2 Å². The molecule has 0 unspecified atom stereocenters. The first-order valence-corrected chi connectivity index (χ1v) is 8.77. The van der Waals surface area contributed by atoms with Gasteiger partial charge in [-0.05, 0) is 37.2 Å². The number of aromatic nitrogens is 1. The van der Waals surface area contributed by atoms with Gasteiger partial charge in [0.1, 0.15) is 5.69 Å². The van der Waals surface area contributed by atoms with Gasteiger partial charge in [0, 0.05) is 51.4 Å². The first-order chi connectivity index (χ1) is 11.3. The Hall–Kier alpha value is -1.73. The largest absolute Gasteiger partial charge is 0.383 e. The number of hydrogen-bond acceptors (Lipinski definition) is 5. The van der Waals surface area contributed by atoms with E-state index >= 15 is 0 Å². The third kappa shape index (κ3) is 3.30. The maximum atomic E-state index is 5.51. The van der Waals surface area contributed by atoms with E-state index in [0.29, 0.717) is 0 Å². The molecule has 3 heterocycles. The highest BCUT2D eigenvalue weighted by Gasteiger charge is 2.31. The van der Waals surface area contributed by atoms with Crippen LogP contribution in [-0.4, -0.2) is 64.4 Å². The topological polar surface area (TPSA) is 55.8 Å². The maximum Gasteiger partial charge on any atom is 0.189 e. The molecule has 0 atom stereocenters. The Bertz CT molecular complexity index is 619. The normalized spacial score (nSPS) is 23.3. The minimum atomic E-state index is 0.726. The van der Waals surface area contributed by atoms with Crippen molar-refractivity contribution in [2.45, 2.75) is 25.3 Å². The molecular formula is C16H22N6S. The standard InChI is InChI=1S/C16H22N6S/c23-16(22-10-8-21(9-11-22)12-3-4-12)20-19-14-5-7-17-13-2-1-6-18-15(13)14/h1-2,6,12,17H,3-5,7-11H2,(H,20,23)/b19-14-. The van der Waals surface area contributed by atoms with E-state index < -0.39 is 0 Å². The van der Waals surface area contributed by atoms with Crippen LogP contribution < -0.4 is 10.7 Å². The number of nitrogens with one attached hydrogen (secondary N) is 2. The predicted molar refractivity (Wildman–Crippen MR) is 95.8 cm³/mol. The summed E-state index contributed by atoms with van der Waals surface area (Å²) in [5, 5.41) is 8.60. The van der Waals surface area contributed by atoms with E-state index in [1.54, 1.807) is 6.20 Å². The highest BCUT2D eigenvalue weighted by atomic mass is 32.1. The molecule has 4 rings (SSSR count). The highest BCUT2D eigenvalue weighted by molar-refractivity contribution is 7.80. The SMILES string of the molecule is S=C(N/N=C1/CCNc2cccnc21)N1CCN(C2CC2)CC1. The van der Waals surface area contributed by atoms with Gasteiger partial charge in [-0.3, -0.25) is 15.3 Å². The molecule has 23 heavy (non-hydrogen) atoms. The van der Waals surface area contributed by atoms with E-state index in [-0.39, 0.29) is 0 Å². The number of hydrogen-bond donors (Lipinski definition) is 2. The van der Waals surface area contributed by atoms with Crippen LogP contribution in [0.15, 0.2) is 23.4 Å². The second kappa shape index (κ2) is 6.41. The summed E-state index contributed by atoms with van der Waals surface area (Å²) >= 11 is 5.51. The van der Waals surface area contributed by atoms with Crippen LogP contribution in [0.25, 0.3) is 0 Å². The van der Waals surface area contributed by atoms with Crippen LogP contribution >= 0.6 is 12.2 Å². The van der Waals surface area contributed by atoms with Crippen molar-refractivity contribution in [3.05, 3.63) is 24.0 Å². The van der Waals surface area contributed by atoms with Crippen molar-refractivity contribution in [3.8, 4) is 0 Å². The molecule has 2 N–H and O–H groups in total. The molecule has 7 heteroatoms. The van der Waals surface area contributed by atoms with Crippen LogP contribution in [0.1, 0.15) is 25.0 Å². The summed E-state index contributed by atoms with van der Waals surface area (Å²) in [4.78, 5) is 9.23. The zero-order valence-corrected chi connectivity index (χ0v) is 14.0. The predicted octanol–water partition coefficient (Wildman–Crippen LogP) is 1.26. The quantitative estimate of drug-likeness (QED) is 0.629. The molecule has 6 nitrogen and oxygen atoms in total. The summed E-state index contributed by atoms with van der Waals surface area (Å²) in [6.45, 7) is 5.08. The van der Waals surface area contributed by atoms with Gasteiger partial charge in [0.15, 0.2) is 5.11 Å². The van der Waals surface area contributed by atoms with Gasteiger partial charge in [-0.25, -0.2) is 0 Å². The molecule has 1 aromatic heterocycles. The monoisotopic (exact) mass is 330 g/mol. The molecule has 1 aromatic rings. The highest BCUT2D eigenvalue weighted by Crippen LogP contribution is 2.27. The molecule has 2 fully saturated rings. The lowest BCUT2D eigenvalue weighted by Crippen LogP contribution is -2.51. The molecule has 0 amide bonds. The lowest BCUT2D eigenvalue weighted by Gasteiger charge is -2.35. The van der Waals surface area contributed by atoms with Gasteiger partial charge >= 0.3 is 0 Å². The Morgan fingerprint density at radius 2 is 2.13 bits per heavy atom. The molecule has 0 spiro atoms. The summed E-state index contributed by atoms with van der Waals surface area (Å²) < 4.78 is 0. The lowest BCUT2D eigenvalue weighted by molar-refractivity contribution is 0.173. The van der Waals surface area contributed by atoms with Crippen LogP contribution in [0.2, 0.25) is 0 Å². The molecule has 0 aromatic carbocycles. The van der Waals surface area contributed by atoms with Crippen molar-refractivity contribution in [3.63, 3.8) is 0 Å². The molecule has 0 bridgehead atoms. The number of fused-ring (bicyclic) bond motifs is 1. The van der Waals surface area contributed by atoms with Gasteiger partial charge in [-0.1, -0.05) is 0 Å². The summed E-state index contributed by atoms with van der Waals surface area (Å²) in [6.07, 6.45) is 5.40. The second-order valence-electron chi connectivity index (χ2n) is 6.31. The van der Waals surface area contributed by atoms with Gasteiger partial charge in [0.25, 0.3) is 0 Å². The summed E-state index contributed by atoms with van der Waals surface area (Å²) in [5.74, 6) is 0. The van der Waals surface area contributed by atoms with Gasteiger partial charge in [0.05, 0.1) is 11.4 Å². The van der Waals surface area contributed by atoms with Crippen molar-refractivity contribution < 1.29 is 0 Å². The van der Waals surface area contributed by atoms with Crippen molar-refractivity contribution in [2.24, 2.45) is 5.10 Å². The molecule has 122 valence electrons. The molecule has 1 saturated carbocycles. The Kier molecular flexibility index (Phi) is 4.13. The molecule has 2 aliphatic heterocycles. The summed E-state index contributed by atoms with van der Waals surface area (Å²) in [7, 11) is 0. The Balaban J connectivity index is 1.36. The maximum absolute atomic E-state index is 5.51. The summed E-state index contributed by atoms with van der Waals surface area (Å²) in [6, 6.07) is 4.81. The number of rotatable bonds is 2. The zero-order valence-electron chi connectivity index (χ0n) is 13.2. The molecule has 1 saturated heterocycles. The van der Waals surface area contributed by atoms with Crippen molar-refractivity contribution >= 4 is 28.7 Å². The van der Waals surface area contributed by atoms with E-state index in [4.69, 9.17) is 12.2 Å². The minimum absolute atomic E-state index is 0.726. The Morgan fingerprint density at radius 3 is 2.91 bits per heavy atom. The van der Waals surface area contributed by atoms with Crippen molar-refractivity contribution in [1.29, 1.82) is 0 Å². The van der Waals surface area contributed by atoms with Gasteiger partial charge in [-0.2, -0.15) is 5.10 Å². The number of piperazine rings is 1. The van der Waals surface area contributed by atoms with Crippen LogP contribution in [-0.2, 0) is 0 Å². The molecule has 0 radical (unpaired) electrons. The molecule has 1 aliphatic carbocycles. The van der Waals surface area contributed by atoms with Gasteiger partial charge in [-0.15, -0.1) is 0 Å². The first-order valence-electron chi connectivity index (χ1n) is 8.36. The minimum Gasteiger partial charge on any atom is -0.383 e. The van der Waals surface area contributed by atoms with E-state index in [2.05, 4.69) is 30.6 Å². The fraction of sp³-hybridized carbons (Fsp3) is 0.562. The van der Waals surface area contributed by atoms with E-state index in [1.807, 2.05) is 12.1 Å². The Labute approximate surface area is 141 Å². The van der Waals surface area contributed by atoms with Crippen LogP contribution in [0.3, 0.4) is 0 Å². The number of thiocarbonyl (C=S) groups is 1. The van der Waals surface area contributed by atoms with Crippen LogP contribution in [0, 0.1) is 0 Å². The first kappa shape index (κ1) is 14.8. The average Bonchev–Trinajstić information content (AvgIpc) is 3.45. The lowest BCUT2D eigenvalue weighted by atomic mass is 10.1. The van der Waals surface area contributed by atoms with Crippen LogP contribution in [0.5, 0.6) is 0 Å². The number of nitrogens with zero attached hydrogens (tertiary/aromatic N) is 4. The molecule has 3 aliphatic rings. The van der Waals surface area contributed by atoms with Crippen molar-refractivity contribution in [2.75, 3.05) is 38.0 Å². The van der Waals surface area contributed by atoms with E-state index in [0.717, 1.165) is 67.4 Å². The fourth-order valence-corrected chi connectivity index (χ4v) is 3.46. The summed E-state index contributed by atoms with van der Waals surface area (Å²) in [5.41, 5.74) is 6.02. The average molecular weight is 330 g/mol. The number of anilines is 1. The zero-order chi connectivity index (χ0) is 15.6. The third-order valence-corrected chi connectivity index (χ3v) is 5.06. The number of pyridine rings is 1.